The van der Waals surface area contributed by atoms with E-state index in [4.69, 9.17) is 0 Å². The number of carbonyl (C=O) groups is 1. The van der Waals surface area contributed by atoms with Crippen LogP contribution >= 0.6 is 0 Å². The molecule has 1 unspecified atom stereocenters. The topological polar surface area (TPSA) is 39.7 Å². The minimum Gasteiger partial charge on any atom is -0.334 e. The molecule has 1 aromatic heterocycles. The number of amides is 1. The van der Waals surface area contributed by atoms with Crippen LogP contribution in [0.3, 0.4) is 0 Å². The third-order valence-electron chi connectivity index (χ3n) is 4.74. The van der Waals surface area contributed by atoms with Gasteiger partial charge in [-0.25, -0.2) is 8.78 Å². The normalized spacial score (nSPS) is 24.4. The first kappa shape index (κ1) is 17.2. The van der Waals surface area contributed by atoms with E-state index >= 15 is 0 Å². The Labute approximate surface area is 141 Å². The van der Waals surface area contributed by atoms with Crippen molar-refractivity contribution < 1.29 is 13.6 Å². The van der Waals surface area contributed by atoms with Crippen molar-refractivity contribution in [1.82, 2.24) is 19.7 Å². The van der Waals surface area contributed by atoms with E-state index in [1.807, 2.05) is 36.9 Å². The highest BCUT2D eigenvalue weighted by atomic mass is 19.3. The first-order chi connectivity index (χ1) is 11.2. The second-order valence-electron chi connectivity index (χ2n) is 7.23. The fourth-order valence-corrected chi connectivity index (χ4v) is 3.53. The second kappa shape index (κ2) is 6.37. The van der Waals surface area contributed by atoms with E-state index in [1.165, 1.54) is 0 Å². The van der Waals surface area contributed by atoms with Crippen molar-refractivity contribution in [2.24, 2.45) is 0 Å². The summed E-state index contributed by atoms with van der Waals surface area (Å²) in [6, 6.07) is 3.42. The highest BCUT2D eigenvalue weighted by Gasteiger charge is 2.50. The molecule has 0 saturated carbocycles. The maximum absolute atomic E-state index is 13.8. The second-order valence-corrected chi connectivity index (χ2v) is 7.23. The highest BCUT2D eigenvalue weighted by Crippen LogP contribution is 2.35. The Morgan fingerprint density at radius 2 is 2.08 bits per heavy atom. The van der Waals surface area contributed by atoms with Crippen LogP contribution in [0.5, 0.6) is 0 Å². The van der Waals surface area contributed by atoms with Crippen LogP contribution in [0.4, 0.5) is 8.78 Å². The van der Waals surface area contributed by atoms with Gasteiger partial charge in [-0.15, -0.1) is 0 Å². The van der Waals surface area contributed by atoms with Gasteiger partial charge in [0.15, 0.2) is 0 Å². The number of likely N-dealkylation sites (N-methyl/N-ethyl adjacent to an activating group) is 1. The molecule has 1 atom stereocenters. The predicted molar refractivity (Wildman–Crippen MR) is 87.3 cm³/mol. The Morgan fingerprint density at radius 3 is 2.67 bits per heavy atom. The minimum absolute atomic E-state index is 0.0118. The van der Waals surface area contributed by atoms with Gasteiger partial charge in [0.05, 0.1) is 6.54 Å². The van der Waals surface area contributed by atoms with E-state index in [0.717, 1.165) is 5.56 Å². The molecular formula is C17H24F2N4O. The lowest BCUT2D eigenvalue weighted by atomic mass is 10.0. The van der Waals surface area contributed by atoms with Gasteiger partial charge < -0.3 is 9.80 Å². The molecule has 1 aromatic rings. The average molecular weight is 338 g/mol. The SMILES string of the molecule is Cc1ccc(C(=O)N2CC(N3CC(F)(F)CC3CN(C)C)C2)nc1. The molecule has 7 heteroatoms. The number of aromatic nitrogens is 1. The summed E-state index contributed by atoms with van der Waals surface area (Å²) in [7, 11) is 3.79. The predicted octanol–water partition coefficient (Wildman–Crippen LogP) is 1.49. The van der Waals surface area contributed by atoms with Crippen LogP contribution in [0.25, 0.3) is 0 Å². The minimum atomic E-state index is -2.64. The Bertz CT molecular complexity index is 599. The van der Waals surface area contributed by atoms with Crippen molar-refractivity contribution in [3.8, 4) is 0 Å². The summed E-state index contributed by atoms with van der Waals surface area (Å²) in [5.74, 6) is -2.76. The van der Waals surface area contributed by atoms with Crippen LogP contribution in [0, 0.1) is 6.92 Å². The fourth-order valence-electron chi connectivity index (χ4n) is 3.53. The molecule has 5 nitrogen and oxygen atoms in total. The molecule has 132 valence electrons. The van der Waals surface area contributed by atoms with E-state index in [2.05, 4.69) is 4.98 Å². The molecule has 3 rings (SSSR count). The van der Waals surface area contributed by atoms with E-state index in [9.17, 15) is 13.6 Å². The molecule has 2 fully saturated rings. The number of hydrogen-bond donors (Lipinski definition) is 0. The summed E-state index contributed by atoms with van der Waals surface area (Å²) >= 11 is 0. The first-order valence-electron chi connectivity index (χ1n) is 8.25. The summed E-state index contributed by atoms with van der Waals surface area (Å²) < 4.78 is 27.6. The number of pyridine rings is 1. The van der Waals surface area contributed by atoms with Crippen LogP contribution in [-0.4, -0.2) is 83.9 Å². The molecule has 3 heterocycles. The average Bonchev–Trinajstić information content (AvgIpc) is 2.71. The lowest BCUT2D eigenvalue weighted by Gasteiger charge is -2.46. The Kier molecular flexibility index (Phi) is 4.57. The number of rotatable bonds is 4. The lowest BCUT2D eigenvalue weighted by molar-refractivity contribution is -0.0116. The van der Waals surface area contributed by atoms with Crippen LogP contribution < -0.4 is 0 Å². The first-order valence-corrected chi connectivity index (χ1v) is 8.25. The maximum Gasteiger partial charge on any atom is 0.272 e. The summed E-state index contributed by atoms with van der Waals surface area (Å²) in [6.45, 7) is 3.31. The van der Waals surface area contributed by atoms with Gasteiger partial charge in [0, 0.05) is 44.3 Å². The van der Waals surface area contributed by atoms with Gasteiger partial charge in [-0.2, -0.15) is 0 Å². The number of carbonyl (C=O) groups excluding carboxylic acids is 1. The molecule has 2 saturated heterocycles. The third-order valence-corrected chi connectivity index (χ3v) is 4.74. The number of aryl methyl sites for hydroxylation is 1. The van der Waals surface area contributed by atoms with Gasteiger partial charge in [-0.05, 0) is 32.6 Å². The lowest BCUT2D eigenvalue weighted by Crippen LogP contribution is -2.63. The summed E-state index contributed by atoms with van der Waals surface area (Å²) in [6.07, 6.45) is 1.56. The Balaban J connectivity index is 1.60. The quantitative estimate of drug-likeness (QED) is 0.834. The van der Waals surface area contributed by atoms with Gasteiger partial charge in [0.1, 0.15) is 5.69 Å². The van der Waals surface area contributed by atoms with Crippen LogP contribution in [0.15, 0.2) is 18.3 Å². The molecule has 0 aliphatic carbocycles. The Morgan fingerprint density at radius 1 is 1.38 bits per heavy atom. The van der Waals surface area contributed by atoms with Gasteiger partial charge in [0.2, 0.25) is 0 Å². The van der Waals surface area contributed by atoms with Gasteiger partial charge in [-0.3, -0.25) is 14.7 Å². The zero-order valence-corrected chi connectivity index (χ0v) is 14.4. The summed E-state index contributed by atoms with van der Waals surface area (Å²) in [4.78, 5) is 22.0. The molecule has 0 N–H and O–H groups in total. The molecule has 2 aliphatic heterocycles. The largest absolute Gasteiger partial charge is 0.334 e. The molecule has 0 radical (unpaired) electrons. The zero-order chi connectivity index (χ0) is 17.5. The van der Waals surface area contributed by atoms with Crippen molar-refractivity contribution in [1.29, 1.82) is 0 Å². The summed E-state index contributed by atoms with van der Waals surface area (Å²) in [5, 5.41) is 0. The van der Waals surface area contributed by atoms with E-state index < -0.39 is 5.92 Å². The van der Waals surface area contributed by atoms with Crippen molar-refractivity contribution in [3.05, 3.63) is 29.6 Å². The van der Waals surface area contributed by atoms with Gasteiger partial charge >= 0.3 is 0 Å². The fraction of sp³-hybridized carbons (Fsp3) is 0.647. The summed E-state index contributed by atoms with van der Waals surface area (Å²) in [5.41, 5.74) is 1.41. The molecule has 24 heavy (non-hydrogen) atoms. The van der Waals surface area contributed by atoms with Crippen LogP contribution in [0.1, 0.15) is 22.5 Å². The van der Waals surface area contributed by atoms with Gasteiger partial charge in [-0.1, -0.05) is 6.07 Å². The Hall–Kier alpha value is -1.60. The van der Waals surface area contributed by atoms with Crippen molar-refractivity contribution in [2.75, 3.05) is 40.3 Å². The van der Waals surface area contributed by atoms with Gasteiger partial charge in [0.25, 0.3) is 11.8 Å². The van der Waals surface area contributed by atoms with E-state index in [0.29, 0.717) is 25.3 Å². The standard InChI is InChI=1S/C17H24F2N4O/c1-12-4-5-15(20-7-12)16(24)22-9-14(10-22)23-11-17(18,19)6-13(23)8-21(2)3/h4-5,7,13-14H,6,8-11H2,1-3H3. The van der Waals surface area contributed by atoms with Crippen molar-refractivity contribution in [3.63, 3.8) is 0 Å². The van der Waals surface area contributed by atoms with Crippen molar-refractivity contribution >= 4 is 5.91 Å². The molecule has 1 amide bonds. The zero-order valence-electron chi connectivity index (χ0n) is 14.4. The molecule has 0 aromatic carbocycles. The number of halogens is 2. The smallest absolute Gasteiger partial charge is 0.272 e. The number of likely N-dealkylation sites (tertiary alicyclic amines) is 2. The number of hydrogen-bond acceptors (Lipinski definition) is 4. The third kappa shape index (κ3) is 3.57. The van der Waals surface area contributed by atoms with E-state index in [-0.39, 0.29) is 31.0 Å². The van der Waals surface area contributed by atoms with E-state index in [1.54, 1.807) is 17.2 Å². The number of alkyl halides is 2. The molecule has 0 bridgehead atoms. The van der Waals surface area contributed by atoms with Crippen LogP contribution in [0.2, 0.25) is 0 Å². The van der Waals surface area contributed by atoms with Crippen LogP contribution in [-0.2, 0) is 0 Å². The number of nitrogens with zero attached hydrogens (tertiary/aromatic N) is 4. The molecule has 0 spiro atoms. The van der Waals surface area contributed by atoms with Crippen molar-refractivity contribution in [2.45, 2.75) is 31.4 Å². The molecule has 2 aliphatic rings. The monoisotopic (exact) mass is 338 g/mol. The molecular weight excluding hydrogens is 314 g/mol. The highest BCUT2D eigenvalue weighted by molar-refractivity contribution is 5.92. The maximum atomic E-state index is 13.8.